The van der Waals surface area contributed by atoms with E-state index in [9.17, 15) is 44.6 Å². The zero-order valence-corrected chi connectivity index (χ0v) is 35.8. The zero-order valence-electron chi connectivity index (χ0n) is 34.9. The van der Waals surface area contributed by atoms with Gasteiger partial charge in [-0.2, -0.15) is 0 Å². The van der Waals surface area contributed by atoms with Crippen LogP contribution in [0.5, 0.6) is 0 Å². The molecule has 332 valence electrons. The standard InChI is InChI=1S/C43H77O13P/c1-3-5-7-9-11-13-15-17-18-20-22-24-26-28-30-32-37(45)55-35(34-54-57(51,52)56-43-41(49)39(47)38(46)40(48)42(43)50)33-53-36(44)31-29-27-25-23-21-19-16-14-12-10-8-6-4-2/h5,7,15,18,35,38-43,46-50H,3-4,6,8-14,16,19-34H2,1-2H3,(H,51,52)/b7-5+/t17?,35-,38?,39-,40+,41+,42+,43?/m1/s1. The summed E-state index contributed by atoms with van der Waals surface area (Å²) in [6, 6.07) is 0. The van der Waals surface area contributed by atoms with Gasteiger partial charge in [-0.15, -0.1) is 5.73 Å². The van der Waals surface area contributed by atoms with Crippen LogP contribution in [0.2, 0.25) is 0 Å². The Balaban J connectivity index is 2.51. The van der Waals surface area contributed by atoms with Crippen LogP contribution in [0.1, 0.15) is 174 Å². The minimum Gasteiger partial charge on any atom is -0.462 e. The van der Waals surface area contributed by atoms with Crippen molar-refractivity contribution in [2.24, 2.45) is 0 Å². The van der Waals surface area contributed by atoms with Crippen LogP contribution < -0.4 is 0 Å². The minimum absolute atomic E-state index is 0.0747. The van der Waals surface area contributed by atoms with Gasteiger partial charge in [0, 0.05) is 12.8 Å². The smallest absolute Gasteiger partial charge is 0.462 e. The normalized spacial score (nSPS) is 22.5. The number of hydrogen-bond donors (Lipinski definition) is 6. The van der Waals surface area contributed by atoms with Gasteiger partial charge in [0.25, 0.3) is 0 Å². The van der Waals surface area contributed by atoms with Crippen LogP contribution in [0.25, 0.3) is 0 Å². The lowest BCUT2D eigenvalue weighted by Gasteiger charge is -2.41. The lowest BCUT2D eigenvalue weighted by molar-refractivity contribution is -0.220. The Morgan fingerprint density at radius 3 is 1.61 bits per heavy atom. The third-order valence-electron chi connectivity index (χ3n) is 10.1. The Labute approximate surface area is 342 Å². The summed E-state index contributed by atoms with van der Waals surface area (Å²) in [7, 11) is -5.12. The summed E-state index contributed by atoms with van der Waals surface area (Å²) in [5, 5.41) is 50.0. The SMILES string of the molecule is CC/C=C/CCCC=C=CCCCCCCCC(=O)O[C@H](COC(=O)CCCCCCCCCCCCCCC)COP(=O)(O)OC1[C@@H](O)[C@H](O)C(O)[C@H](O)[C@@H]1O. The molecule has 14 heteroatoms. The van der Waals surface area contributed by atoms with Gasteiger partial charge in [-0.25, -0.2) is 4.57 Å². The number of ether oxygens (including phenoxy) is 2. The van der Waals surface area contributed by atoms with Gasteiger partial charge in [0.1, 0.15) is 43.2 Å². The highest BCUT2D eigenvalue weighted by Crippen LogP contribution is 2.47. The maximum Gasteiger partial charge on any atom is 0.472 e. The van der Waals surface area contributed by atoms with Crippen LogP contribution in [0.4, 0.5) is 0 Å². The van der Waals surface area contributed by atoms with Gasteiger partial charge in [-0.1, -0.05) is 122 Å². The van der Waals surface area contributed by atoms with Gasteiger partial charge in [0.05, 0.1) is 6.61 Å². The number of carbonyl (C=O) groups is 2. The molecule has 0 bridgehead atoms. The molecule has 0 heterocycles. The predicted octanol–water partition coefficient (Wildman–Crippen LogP) is 7.82. The van der Waals surface area contributed by atoms with E-state index in [4.69, 9.17) is 18.5 Å². The molecule has 57 heavy (non-hydrogen) atoms. The quantitative estimate of drug-likeness (QED) is 0.0118. The monoisotopic (exact) mass is 833 g/mol. The lowest BCUT2D eigenvalue weighted by Crippen LogP contribution is -2.64. The molecule has 0 aromatic carbocycles. The van der Waals surface area contributed by atoms with Crippen LogP contribution in [-0.4, -0.2) is 98.3 Å². The van der Waals surface area contributed by atoms with Crippen molar-refractivity contribution >= 4 is 19.8 Å². The van der Waals surface area contributed by atoms with Crippen molar-refractivity contribution < 1.29 is 63.1 Å². The van der Waals surface area contributed by atoms with Gasteiger partial charge in [0.15, 0.2) is 6.10 Å². The second-order valence-electron chi connectivity index (χ2n) is 15.3. The molecule has 3 unspecified atom stereocenters. The first-order valence-electron chi connectivity index (χ1n) is 21.9. The molecule has 0 aromatic rings. The fraction of sp³-hybridized carbons (Fsp3) is 0.837. The average molecular weight is 833 g/mol. The van der Waals surface area contributed by atoms with Crippen molar-refractivity contribution in [2.75, 3.05) is 13.2 Å². The number of esters is 2. The number of hydrogen-bond acceptors (Lipinski definition) is 12. The Hall–Kier alpha value is -1.89. The molecule has 1 fully saturated rings. The number of phosphoric ester groups is 1. The summed E-state index contributed by atoms with van der Waals surface area (Å²) in [5.41, 5.74) is 3.24. The van der Waals surface area contributed by atoms with E-state index in [0.717, 1.165) is 77.0 Å². The van der Waals surface area contributed by atoms with Crippen molar-refractivity contribution in [3.05, 3.63) is 30.0 Å². The molecule has 1 rings (SSSR count). The van der Waals surface area contributed by atoms with Gasteiger partial charge >= 0.3 is 19.8 Å². The highest BCUT2D eigenvalue weighted by atomic mass is 31.2. The predicted molar refractivity (Wildman–Crippen MR) is 220 cm³/mol. The Morgan fingerprint density at radius 1 is 0.596 bits per heavy atom. The van der Waals surface area contributed by atoms with E-state index in [1.54, 1.807) is 0 Å². The van der Waals surface area contributed by atoms with Gasteiger partial charge < -0.3 is 39.9 Å². The molecule has 1 aliphatic rings. The second kappa shape index (κ2) is 33.9. The number of aliphatic hydroxyl groups is 5. The molecule has 13 nitrogen and oxygen atoms in total. The fourth-order valence-electron chi connectivity index (χ4n) is 6.51. The fourth-order valence-corrected chi connectivity index (χ4v) is 7.48. The number of phosphoric acid groups is 1. The summed E-state index contributed by atoms with van der Waals surface area (Å²) < 4.78 is 33.4. The molecular formula is C43H77O13P. The Bertz CT molecular complexity index is 1160. The van der Waals surface area contributed by atoms with E-state index in [1.807, 2.05) is 0 Å². The number of carbonyl (C=O) groups excluding carboxylic acids is 2. The maximum absolute atomic E-state index is 12.8. The first-order valence-corrected chi connectivity index (χ1v) is 23.4. The number of allylic oxidation sites excluding steroid dienone is 3. The molecule has 0 radical (unpaired) electrons. The maximum atomic E-state index is 12.8. The van der Waals surface area contributed by atoms with Crippen molar-refractivity contribution in [2.45, 2.75) is 217 Å². The third kappa shape index (κ3) is 26.8. The summed E-state index contributed by atoms with van der Waals surface area (Å²) in [4.78, 5) is 35.6. The average Bonchev–Trinajstić information content (AvgIpc) is 3.19. The molecule has 8 atom stereocenters. The molecule has 1 aliphatic carbocycles. The Kier molecular flexibility index (Phi) is 31.6. The molecule has 0 aliphatic heterocycles. The van der Waals surface area contributed by atoms with Crippen LogP contribution in [0.3, 0.4) is 0 Å². The molecule has 1 saturated carbocycles. The minimum atomic E-state index is -5.12. The van der Waals surface area contributed by atoms with E-state index in [2.05, 4.69) is 43.9 Å². The molecule has 6 N–H and O–H groups in total. The van der Waals surface area contributed by atoms with Crippen LogP contribution >= 0.6 is 7.82 Å². The third-order valence-corrected chi connectivity index (χ3v) is 11.0. The molecule has 0 saturated heterocycles. The van der Waals surface area contributed by atoms with Crippen LogP contribution in [0, 0.1) is 0 Å². The van der Waals surface area contributed by atoms with Crippen molar-refractivity contribution in [1.82, 2.24) is 0 Å². The number of unbranched alkanes of at least 4 members (excludes halogenated alkanes) is 19. The van der Waals surface area contributed by atoms with E-state index in [1.165, 1.54) is 57.8 Å². The van der Waals surface area contributed by atoms with Crippen LogP contribution in [0.15, 0.2) is 30.0 Å². The number of rotatable bonds is 35. The molecular weight excluding hydrogens is 755 g/mol. The zero-order chi connectivity index (χ0) is 42.2. The Morgan fingerprint density at radius 2 is 1.07 bits per heavy atom. The van der Waals surface area contributed by atoms with Gasteiger partial charge in [-0.05, 0) is 63.5 Å². The summed E-state index contributed by atoms with van der Waals surface area (Å²) in [5.74, 6) is -1.12. The first kappa shape index (κ1) is 53.1. The van der Waals surface area contributed by atoms with E-state index < -0.39 is 75.7 Å². The van der Waals surface area contributed by atoms with E-state index >= 15 is 0 Å². The summed E-state index contributed by atoms with van der Waals surface area (Å²) >= 11 is 0. The van der Waals surface area contributed by atoms with Crippen molar-refractivity contribution in [3.8, 4) is 0 Å². The summed E-state index contributed by atoms with van der Waals surface area (Å²) in [6.45, 7) is 3.17. The highest BCUT2D eigenvalue weighted by molar-refractivity contribution is 7.47. The molecule has 0 amide bonds. The van der Waals surface area contributed by atoms with Crippen molar-refractivity contribution in [3.63, 3.8) is 0 Å². The van der Waals surface area contributed by atoms with Gasteiger partial charge in [-0.3, -0.25) is 18.6 Å². The second-order valence-corrected chi connectivity index (χ2v) is 16.7. The van der Waals surface area contributed by atoms with E-state index in [0.29, 0.717) is 12.8 Å². The van der Waals surface area contributed by atoms with Gasteiger partial charge in [0.2, 0.25) is 0 Å². The lowest BCUT2D eigenvalue weighted by atomic mass is 9.85. The molecule has 0 spiro atoms. The van der Waals surface area contributed by atoms with Crippen molar-refractivity contribution in [1.29, 1.82) is 0 Å². The molecule has 0 aromatic heterocycles. The largest absolute Gasteiger partial charge is 0.472 e. The van der Waals surface area contributed by atoms with Crippen LogP contribution in [-0.2, 0) is 32.7 Å². The highest BCUT2D eigenvalue weighted by Gasteiger charge is 2.51. The number of aliphatic hydroxyl groups excluding tert-OH is 5. The first-order chi connectivity index (χ1) is 27.4. The summed E-state index contributed by atoms with van der Waals surface area (Å²) in [6.07, 6.45) is 20.2. The topological polar surface area (TPSA) is 210 Å². The van der Waals surface area contributed by atoms with E-state index in [-0.39, 0.29) is 12.8 Å².